The van der Waals surface area contributed by atoms with Crippen LogP contribution in [-0.4, -0.2) is 18.5 Å². The van der Waals surface area contributed by atoms with E-state index in [-0.39, 0.29) is 17.1 Å². The van der Waals surface area contributed by atoms with E-state index in [1.807, 2.05) is 54.6 Å². The van der Waals surface area contributed by atoms with Crippen molar-refractivity contribution in [3.8, 4) is 0 Å². The molecule has 2 aromatic rings. The van der Waals surface area contributed by atoms with Crippen LogP contribution in [0.5, 0.6) is 0 Å². The summed E-state index contributed by atoms with van der Waals surface area (Å²) in [6, 6.07) is 18.4. The van der Waals surface area contributed by atoms with E-state index in [1.54, 1.807) is 0 Å². The second-order valence-electron chi connectivity index (χ2n) is 4.69. The van der Waals surface area contributed by atoms with E-state index in [9.17, 15) is 0 Å². The molecule has 0 saturated heterocycles. The zero-order chi connectivity index (χ0) is 12.8. The van der Waals surface area contributed by atoms with Gasteiger partial charge in [0.25, 0.3) is 0 Å². The van der Waals surface area contributed by atoms with Crippen molar-refractivity contribution >= 4 is 5.90 Å². The van der Waals surface area contributed by atoms with Gasteiger partial charge in [0.2, 0.25) is 0 Å². The van der Waals surface area contributed by atoms with Gasteiger partial charge in [-0.25, -0.2) is 12.1 Å². The SMILES string of the molecule is CC(C)[C@@H]1COC(c2ccc[cH-]2)=N1.[Fe+2].c1cc[cH-]c1. The molecule has 0 amide bonds. The predicted octanol–water partition coefficient (Wildman–Crippen LogP) is 3.61. The zero-order valence-electron chi connectivity index (χ0n) is 11.3. The molecular weight excluding hydrogens is 278 g/mol. The molecule has 1 atom stereocenters. The molecule has 0 bridgehead atoms. The number of rotatable bonds is 2. The van der Waals surface area contributed by atoms with Crippen LogP contribution in [-0.2, 0) is 21.8 Å². The van der Waals surface area contributed by atoms with Gasteiger partial charge in [0.05, 0.1) is 12.6 Å². The van der Waals surface area contributed by atoms with Gasteiger partial charge < -0.3 is 4.74 Å². The fourth-order valence-electron chi connectivity index (χ4n) is 1.73. The maximum atomic E-state index is 5.52. The second-order valence-corrected chi connectivity index (χ2v) is 4.69. The number of ether oxygens (including phenoxy) is 1. The first kappa shape index (κ1) is 15.7. The Hall–Kier alpha value is -1.31. The van der Waals surface area contributed by atoms with Gasteiger partial charge >= 0.3 is 17.1 Å². The topological polar surface area (TPSA) is 21.6 Å². The summed E-state index contributed by atoms with van der Waals surface area (Å²) in [5, 5.41) is 0. The minimum absolute atomic E-state index is 0. The van der Waals surface area contributed by atoms with Gasteiger partial charge in [-0.3, -0.25) is 4.99 Å². The molecule has 1 heterocycles. The Balaban J connectivity index is 0.000000256. The summed E-state index contributed by atoms with van der Waals surface area (Å²) < 4.78 is 5.52. The van der Waals surface area contributed by atoms with Crippen molar-refractivity contribution in [1.82, 2.24) is 0 Å². The molecule has 3 heteroatoms. The van der Waals surface area contributed by atoms with Crippen molar-refractivity contribution in [2.45, 2.75) is 19.9 Å². The third kappa shape index (κ3) is 4.70. The Labute approximate surface area is 125 Å². The van der Waals surface area contributed by atoms with Gasteiger partial charge in [-0.15, -0.1) is 6.07 Å². The molecule has 0 fully saturated rings. The van der Waals surface area contributed by atoms with Crippen LogP contribution in [0.1, 0.15) is 19.4 Å². The minimum Gasteiger partial charge on any atom is -0.518 e. The number of hydrogen-bond donors (Lipinski definition) is 0. The van der Waals surface area contributed by atoms with Crippen molar-refractivity contribution in [3.63, 3.8) is 0 Å². The molecular formula is C16H19FeNO. The van der Waals surface area contributed by atoms with Crippen molar-refractivity contribution < 1.29 is 21.8 Å². The van der Waals surface area contributed by atoms with Crippen LogP contribution in [0.15, 0.2) is 59.6 Å². The van der Waals surface area contributed by atoms with Crippen LogP contribution in [0, 0.1) is 5.92 Å². The number of hydrogen-bond acceptors (Lipinski definition) is 2. The normalized spacial score (nSPS) is 17.0. The van der Waals surface area contributed by atoms with Gasteiger partial charge in [0.15, 0.2) is 0 Å². The molecule has 102 valence electrons. The molecule has 2 nitrogen and oxygen atoms in total. The van der Waals surface area contributed by atoms with Crippen molar-refractivity contribution in [2.24, 2.45) is 10.9 Å². The summed E-state index contributed by atoms with van der Waals surface area (Å²) in [6.45, 7) is 5.08. The molecule has 0 unspecified atom stereocenters. The van der Waals surface area contributed by atoms with Crippen LogP contribution in [0.4, 0.5) is 0 Å². The fraction of sp³-hybridized carbons (Fsp3) is 0.312. The molecule has 0 aliphatic carbocycles. The molecule has 19 heavy (non-hydrogen) atoms. The minimum atomic E-state index is 0. The molecule has 1 aliphatic rings. The summed E-state index contributed by atoms with van der Waals surface area (Å²) >= 11 is 0. The van der Waals surface area contributed by atoms with Gasteiger partial charge in [-0.05, 0) is 5.92 Å². The van der Waals surface area contributed by atoms with Gasteiger partial charge in [-0.1, -0.05) is 19.4 Å². The summed E-state index contributed by atoms with van der Waals surface area (Å²) in [5.41, 5.74) is 1.10. The standard InChI is InChI=1S/C11H14NO.C5H5.Fe/c1-8(2)10-7-13-11(12-10)9-5-3-4-6-9;1-2-4-5-3-1;/h3-6,8,10H,7H2,1-2H3;1-5H;/q2*-1;+2/t10-;;/m0../s1. The third-order valence-electron chi connectivity index (χ3n) is 2.91. The summed E-state index contributed by atoms with van der Waals surface area (Å²) in [5.74, 6) is 1.37. The molecule has 3 rings (SSSR count). The van der Waals surface area contributed by atoms with Crippen LogP contribution in [0.2, 0.25) is 0 Å². The van der Waals surface area contributed by atoms with Crippen molar-refractivity contribution in [2.75, 3.05) is 6.61 Å². The van der Waals surface area contributed by atoms with Crippen molar-refractivity contribution in [1.29, 1.82) is 0 Å². The Morgan fingerprint density at radius 1 is 1.21 bits per heavy atom. The second kappa shape index (κ2) is 7.98. The van der Waals surface area contributed by atoms with E-state index < -0.39 is 0 Å². The molecule has 0 aromatic heterocycles. The van der Waals surface area contributed by atoms with Crippen molar-refractivity contribution in [3.05, 3.63) is 60.2 Å². The van der Waals surface area contributed by atoms with E-state index in [1.165, 1.54) is 0 Å². The maximum Gasteiger partial charge on any atom is 2.00 e. The van der Waals surface area contributed by atoms with E-state index in [2.05, 4.69) is 18.8 Å². The third-order valence-corrected chi connectivity index (χ3v) is 2.91. The summed E-state index contributed by atoms with van der Waals surface area (Å²) in [7, 11) is 0. The Morgan fingerprint density at radius 2 is 1.95 bits per heavy atom. The Morgan fingerprint density at radius 3 is 2.37 bits per heavy atom. The zero-order valence-corrected chi connectivity index (χ0v) is 12.4. The van der Waals surface area contributed by atoms with Crippen LogP contribution < -0.4 is 0 Å². The smallest absolute Gasteiger partial charge is 0.518 e. The van der Waals surface area contributed by atoms with E-state index in [0.29, 0.717) is 12.0 Å². The molecule has 0 spiro atoms. The first-order valence-electron chi connectivity index (χ1n) is 6.36. The summed E-state index contributed by atoms with van der Waals surface area (Å²) in [6.07, 6.45) is 0. The van der Waals surface area contributed by atoms with Crippen LogP contribution in [0.25, 0.3) is 0 Å². The predicted molar refractivity (Wildman–Crippen MR) is 75.2 cm³/mol. The molecule has 1 aliphatic heterocycles. The van der Waals surface area contributed by atoms with E-state index in [0.717, 1.165) is 18.1 Å². The quantitative estimate of drug-likeness (QED) is 0.613. The summed E-state index contributed by atoms with van der Waals surface area (Å²) in [4.78, 5) is 4.52. The van der Waals surface area contributed by atoms with Crippen LogP contribution >= 0.6 is 0 Å². The van der Waals surface area contributed by atoms with E-state index in [4.69, 9.17) is 4.74 Å². The largest absolute Gasteiger partial charge is 2.00 e. The molecule has 0 radical (unpaired) electrons. The van der Waals surface area contributed by atoms with Gasteiger partial charge in [0.1, 0.15) is 5.90 Å². The molecule has 2 aromatic carbocycles. The number of aliphatic imine (C=N–C) groups is 1. The fourth-order valence-corrected chi connectivity index (χ4v) is 1.73. The first-order chi connectivity index (χ1) is 8.77. The first-order valence-corrected chi connectivity index (χ1v) is 6.36. The maximum absolute atomic E-state index is 5.52. The van der Waals surface area contributed by atoms with E-state index >= 15 is 0 Å². The molecule has 0 saturated carbocycles. The average Bonchev–Trinajstić information content (AvgIpc) is 3.14. The monoisotopic (exact) mass is 297 g/mol. The number of nitrogens with zero attached hydrogens (tertiary/aromatic N) is 1. The van der Waals surface area contributed by atoms with Crippen LogP contribution in [0.3, 0.4) is 0 Å². The molecule has 0 N–H and O–H groups in total. The average molecular weight is 297 g/mol. The Kier molecular flexibility index (Phi) is 6.61. The van der Waals surface area contributed by atoms with Gasteiger partial charge in [-0.2, -0.15) is 36.4 Å². The van der Waals surface area contributed by atoms with Gasteiger partial charge in [0, 0.05) is 0 Å². The Bertz CT molecular complexity index is 440.